The second-order valence-electron chi connectivity index (χ2n) is 5.94. The van der Waals surface area contributed by atoms with Gasteiger partial charge in [0.2, 0.25) is 0 Å². The molecule has 0 radical (unpaired) electrons. The van der Waals surface area contributed by atoms with Gasteiger partial charge >= 0.3 is 5.97 Å². The molecule has 0 saturated carbocycles. The molecule has 0 heterocycles. The Morgan fingerprint density at radius 3 is 2.32 bits per heavy atom. The maximum absolute atomic E-state index is 10.7. The molecule has 134 valence electrons. The number of aliphatic carboxylic acids is 1. The summed E-state index contributed by atoms with van der Waals surface area (Å²) in [7, 11) is 1.63. The summed E-state index contributed by atoms with van der Waals surface area (Å²) < 4.78 is 11.2. The lowest BCUT2D eigenvalue weighted by Gasteiger charge is -2.15. The summed E-state index contributed by atoms with van der Waals surface area (Å²) >= 11 is 12.6. The number of hydrogen-bond donors (Lipinski definition) is 1. The molecule has 1 N–H and O–H groups in total. The molecule has 0 aliphatic heterocycles. The standard InChI is InChI=1S/C19H20Cl2O4/c1-11(2)14-10-13(5-6-17(14)24-3)25-19-15(20)8-12(9-16(19)21)4-7-18(22)23/h5-6,8-11H,4,7H2,1-3H3,(H,22,23). The van der Waals surface area contributed by atoms with E-state index in [2.05, 4.69) is 13.8 Å². The number of ether oxygens (including phenoxy) is 2. The average molecular weight is 383 g/mol. The normalized spacial score (nSPS) is 10.8. The molecule has 2 aromatic carbocycles. The molecule has 0 aliphatic carbocycles. The van der Waals surface area contributed by atoms with Crippen LogP contribution in [0.3, 0.4) is 0 Å². The summed E-state index contributed by atoms with van der Waals surface area (Å²) in [6.45, 7) is 4.14. The van der Waals surface area contributed by atoms with Gasteiger partial charge in [-0.25, -0.2) is 0 Å². The zero-order valence-corrected chi connectivity index (χ0v) is 15.8. The van der Waals surface area contributed by atoms with E-state index in [1.807, 2.05) is 12.1 Å². The van der Waals surface area contributed by atoms with Crippen LogP contribution < -0.4 is 9.47 Å². The van der Waals surface area contributed by atoms with Gasteiger partial charge in [-0.1, -0.05) is 37.0 Å². The van der Waals surface area contributed by atoms with Crippen LogP contribution in [0.4, 0.5) is 0 Å². The minimum absolute atomic E-state index is 0.0170. The van der Waals surface area contributed by atoms with Crippen LogP contribution in [-0.2, 0) is 11.2 Å². The molecule has 0 bridgehead atoms. The minimum Gasteiger partial charge on any atom is -0.496 e. The number of methoxy groups -OCH3 is 1. The molecule has 0 amide bonds. The fourth-order valence-corrected chi connectivity index (χ4v) is 3.06. The van der Waals surface area contributed by atoms with Crippen molar-refractivity contribution in [3.05, 3.63) is 51.5 Å². The number of benzene rings is 2. The average Bonchev–Trinajstić information content (AvgIpc) is 2.56. The number of carbonyl (C=O) groups is 1. The zero-order valence-electron chi connectivity index (χ0n) is 14.3. The first-order valence-electron chi connectivity index (χ1n) is 7.87. The van der Waals surface area contributed by atoms with Crippen LogP contribution in [0.2, 0.25) is 10.0 Å². The lowest BCUT2D eigenvalue weighted by atomic mass is 10.0. The first-order valence-corrected chi connectivity index (χ1v) is 8.63. The molecule has 0 fully saturated rings. The molecule has 2 aromatic rings. The Labute approximate surface area is 157 Å². The van der Waals surface area contributed by atoms with Crippen molar-refractivity contribution in [2.24, 2.45) is 0 Å². The Morgan fingerprint density at radius 1 is 1.16 bits per heavy atom. The van der Waals surface area contributed by atoms with Gasteiger partial charge in [-0.2, -0.15) is 0 Å². The van der Waals surface area contributed by atoms with Gasteiger partial charge < -0.3 is 14.6 Å². The van der Waals surface area contributed by atoms with E-state index in [1.165, 1.54) is 0 Å². The van der Waals surface area contributed by atoms with Gasteiger partial charge in [0, 0.05) is 12.0 Å². The van der Waals surface area contributed by atoms with Crippen LogP contribution in [-0.4, -0.2) is 18.2 Å². The number of rotatable bonds is 7. The second kappa shape index (κ2) is 8.45. The summed E-state index contributed by atoms with van der Waals surface area (Å²) in [6, 6.07) is 8.88. The van der Waals surface area contributed by atoms with Crippen molar-refractivity contribution in [2.45, 2.75) is 32.6 Å². The fourth-order valence-electron chi connectivity index (χ4n) is 2.45. The second-order valence-corrected chi connectivity index (χ2v) is 6.76. The predicted molar refractivity (Wildman–Crippen MR) is 99.6 cm³/mol. The highest BCUT2D eigenvalue weighted by atomic mass is 35.5. The molecule has 2 rings (SSSR count). The number of carboxylic acids is 1. The molecule has 0 aliphatic rings. The highest BCUT2D eigenvalue weighted by Crippen LogP contribution is 2.39. The molecule has 0 aromatic heterocycles. The van der Waals surface area contributed by atoms with E-state index in [0.717, 1.165) is 16.9 Å². The Bertz CT molecular complexity index is 749. The van der Waals surface area contributed by atoms with E-state index in [1.54, 1.807) is 25.3 Å². The summed E-state index contributed by atoms with van der Waals surface area (Å²) in [5.74, 6) is 1.15. The molecule has 0 spiro atoms. The van der Waals surface area contributed by atoms with Crippen molar-refractivity contribution in [3.63, 3.8) is 0 Å². The van der Waals surface area contributed by atoms with E-state index >= 15 is 0 Å². The van der Waals surface area contributed by atoms with Crippen molar-refractivity contribution in [3.8, 4) is 17.2 Å². The van der Waals surface area contributed by atoms with Crippen LogP contribution in [0.5, 0.6) is 17.2 Å². The highest BCUT2D eigenvalue weighted by Gasteiger charge is 2.14. The van der Waals surface area contributed by atoms with Gasteiger partial charge in [0.05, 0.1) is 17.2 Å². The van der Waals surface area contributed by atoms with Gasteiger partial charge in [-0.15, -0.1) is 0 Å². The van der Waals surface area contributed by atoms with Crippen LogP contribution >= 0.6 is 23.2 Å². The topological polar surface area (TPSA) is 55.8 Å². The molecule has 0 unspecified atom stereocenters. The maximum Gasteiger partial charge on any atom is 0.303 e. The van der Waals surface area contributed by atoms with E-state index in [9.17, 15) is 4.79 Å². The predicted octanol–water partition coefficient (Wildman–Crippen LogP) is 5.93. The monoisotopic (exact) mass is 382 g/mol. The number of carboxylic acid groups (broad SMARTS) is 1. The molecular formula is C19H20Cl2O4. The third-order valence-corrected chi connectivity index (χ3v) is 4.29. The van der Waals surface area contributed by atoms with E-state index in [0.29, 0.717) is 28.0 Å². The van der Waals surface area contributed by atoms with E-state index in [4.69, 9.17) is 37.8 Å². The first kappa shape index (κ1) is 19.4. The largest absolute Gasteiger partial charge is 0.496 e. The zero-order chi connectivity index (χ0) is 18.6. The van der Waals surface area contributed by atoms with Crippen LogP contribution in [0.15, 0.2) is 30.3 Å². The Morgan fingerprint density at radius 2 is 1.80 bits per heavy atom. The Kier molecular flexibility index (Phi) is 6.57. The molecule has 4 nitrogen and oxygen atoms in total. The maximum atomic E-state index is 10.7. The van der Waals surface area contributed by atoms with E-state index in [-0.39, 0.29) is 12.3 Å². The summed E-state index contributed by atoms with van der Waals surface area (Å²) in [6.07, 6.45) is 0.373. The fraction of sp³-hybridized carbons (Fsp3) is 0.316. The number of halogens is 2. The SMILES string of the molecule is COc1ccc(Oc2c(Cl)cc(CCC(=O)O)cc2Cl)cc1C(C)C. The number of hydrogen-bond acceptors (Lipinski definition) is 3. The van der Waals surface area contributed by atoms with Crippen LogP contribution in [0.1, 0.15) is 37.3 Å². The lowest BCUT2D eigenvalue weighted by molar-refractivity contribution is -0.136. The first-order chi connectivity index (χ1) is 11.8. The third-order valence-electron chi connectivity index (χ3n) is 3.73. The van der Waals surface area contributed by atoms with Crippen molar-refractivity contribution in [1.29, 1.82) is 0 Å². The minimum atomic E-state index is -0.869. The third kappa shape index (κ3) is 5.03. The molecule has 25 heavy (non-hydrogen) atoms. The van der Waals surface area contributed by atoms with Gasteiger partial charge in [0.1, 0.15) is 11.5 Å². The molecule has 0 saturated heterocycles. The molecule has 6 heteroatoms. The highest BCUT2D eigenvalue weighted by molar-refractivity contribution is 6.37. The number of aryl methyl sites for hydroxylation is 1. The lowest BCUT2D eigenvalue weighted by Crippen LogP contribution is -1.98. The molecule has 0 atom stereocenters. The van der Waals surface area contributed by atoms with E-state index < -0.39 is 5.97 Å². The van der Waals surface area contributed by atoms with Gasteiger partial charge in [0.15, 0.2) is 5.75 Å². The Balaban J connectivity index is 2.28. The quantitative estimate of drug-likeness (QED) is 0.643. The summed E-state index contributed by atoms with van der Waals surface area (Å²) in [5, 5.41) is 9.46. The van der Waals surface area contributed by atoms with Crippen molar-refractivity contribution >= 4 is 29.2 Å². The van der Waals surface area contributed by atoms with Crippen molar-refractivity contribution < 1.29 is 19.4 Å². The van der Waals surface area contributed by atoms with Gasteiger partial charge in [0.25, 0.3) is 0 Å². The van der Waals surface area contributed by atoms with Crippen molar-refractivity contribution in [1.82, 2.24) is 0 Å². The van der Waals surface area contributed by atoms with Gasteiger partial charge in [-0.05, 0) is 48.2 Å². The van der Waals surface area contributed by atoms with Gasteiger partial charge in [-0.3, -0.25) is 4.79 Å². The van der Waals surface area contributed by atoms with Crippen LogP contribution in [0.25, 0.3) is 0 Å². The summed E-state index contributed by atoms with van der Waals surface area (Å²) in [5.41, 5.74) is 1.77. The van der Waals surface area contributed by atoms with Crippen LogP contribution in [0, 0.1) is 0 Å². The Hall–Kier alpha value is -1.91. The molecular weight excluding hydrogens is 363 g/mol. The smallest absolute Gasteiger partial charge is 0.303 e. The van der Waals surface area contributed by atoms with Crippen molar-refractivity contribution in [2.75, 3.05) is 7.11 Å². The summed E-state index contributed by atoms with van der Waals surface area (Å²) in [4.78, 5) is 10.7.